The van der Waals surface area contributed by atoms with Crippen LogP contribution in [-0.2, 0) is 23.7 Å². The van der Waals surface area contributed by atoms with Crippen molar-refractivity contribution >= 4 is 5.97 Å². The van der Waals surface area contributed by atoms with Gasteiger partial charge in [0.2, 0.25) is 0 Å². The summed E-state index contributed by atoms with van der Waals surface area (Å²) in [4.78, 5) is 12.4. The number of aliphatic hydroxyl groups is 4. The smallest absolute Gasteiger partial charge is 0.306 e. The van der Waals surface area contributed by atoms with Gasteiger partial charge in [0.25, 0.3) is 0 Å². The lowest BCUT2D eigenvalue weighted by molar-refractivity contribution is -0.305. The molecule has 1 aliphatic rings. The molecule has 0 amide bonds. The van der Waals surface area contributed by atoms with E-state index in [0.29, 0.717) is 13.0 Å². The van der Waals surface area contributed by atoms with Gasteiger partial charge < -0.3 is 39.4 Å². The lowest BCUT2D eigenvalue weighted by Crippen LogP contribution is -2.59. The second kappa shape index (κ2) is 26.1. The van der Waals surface area contributed by atoms with Gasteiger partial charge in [-0.3, -0.25) is 4.79 Å². The minimum atomic E-state index is -1.53. The van der Waals surface area contributed by atoms with E-state index in [1.54, 1.807) is 0 Å². The first-order chi connectivity index (χ1) is 20.4. The van der Waals surface area contributed by atoms with Crippen molar-refractivity contribution in [1.82, 2.24) is 0 Å². The minimum Gasteiger partial charge on any atom is -0.457 e. The average molecular weight is 601 g/mol. The van der Waals surface area contributed by atoms with Crippen LogP contribution in [0.15, 0.2) is 24.3 Å². The number of hydrogen-bond donors (Lipinski definition) is 4. The van der Waals surface area contributed by atoms with Crippen LogP contribution in [-0.4, -0.2) is 89.6 Å². The molecule has 6 atom stereocenters. The van der Waals surface area contributed by atoms with Gasteiger partial charge in [-0.05, 0) is 38.5 Å². The molecule has 0 radical (unpaired) electrons. The van der Waals surface area contributed by atoms with Gasteiger partial charge in [-0.1, -0.05) is 95.9 Å². The van der Waals surface area contributed by atoms with Crippen molar-refractivity contribution in [3.63, 3.8) is 0 Å². The highest BCUT2D eigenvalue weighted by Crippen LogP contribution is 2.22. The summed E-state index contributed by atoms with van der Waals surface area (Å²) < 4.78 is 22.4. The maximum absolute atomic E-state index is 12.4. The fourth-order valence-electron chi connectivity index (χ4n) is 4.70. The van der Waals surface area contributed by atoms with Crippen LogP contribution in [0.5, 0.6) is 0 Å². The number of ether oxygens (including phenoxy) is 4. The zero-order valence-corrected chi connectivity index (χ0v) is 26.2. The normalized spacial score (nSPS) is 23.6. The Bertz CT molecular complexity index is 697. The third-order valence-electron chi connectivity index (χ3n) is 7.35. The van der Waals surface area contributed by atoms with Crippen LogP contribution in [0.1, 0.15) is 117 Å². The highest BCUT2D eigenvalue weighted by atomic mass is 16.7. The number of carbonyl (C=O) groups excluding carboxylic acids is 1. The van der Waals surface area contributed by atoms with Crippen LogP contribution in [0.4, 0.5) is 0 Å². The summed E-state index contributed by atoms with van der Waals surface area (Å²) in [6.45, 7) is 4.35. The Morgan fingerprint density at radius 3 is 2.14 bits per heavy atom. The number of rotatable bonds is 26. The molecule has 42 heavy (non-hydrogen) atoms. The zero-order chi connectivity index (χ0) is 30.8. The van der Waals surface area contributed by atoms with Crippen LogP contribution in [0.25, 0.3) is 0 Å². The molecule has 0 aromatic carbocycles. The van der Waals surface area contributed by atoms with Gasteiger partial charge in [-0.25, -0.2) is 0 Å². The van der Waals surface area contributed by atoms with Gasteiger partial charge in [0.05, 0.1) is 19.8 Å². The van der Waals surface area contributed by atoms with Gasteiger partial charge in [-0.15, -0.1) is 0 Å². The standard InChI is InChI=1S/C33H60O9/c1-3-5-7-9-10-11-12-13-14-15-16-17-19-21-23-39-25-27(41-29(35)22-20-18-8-6-4-2)26-40-33-32(38)31(37)30(36)28(24-34)42-33/h7,9,11-12,27-28,30-34,36-38H,3-6,8,10,13-26H2,1-2H3/b9-7-,12-11-. The van der Waals surface area contributed by atoms with Crippen LogP contribution in [0.2, 0.25) is 0 Å². The second-order valence-electron chi connectivity index (χ2n) is 11.3. The highest BCUT2D eigenvalue weighted by Gasteiger charge is 2.44. The summed E-state index contributed by atoms with van der Waals surface area (Å²) in [7, 11) is 0. The largest absolute Gasteiger partial charge is 0.457 e. The van der Waals surface area contributed by atoms with E-state index in [4.69, 9.17) is 18.9 Å². The van der Waals surface area contributed by atoms with Crippen molar-refractivity contribution in [2.24, 2.45) is 0 Å². The van der Waals surface area contributed by atoms with E-state index in [-0.39, 0.29) is 19.2 Å². The van der Waals surface area contributed by atoms with Crippen molar-refractivity contribution in [2.75, 3.05) is 26.4 Å². The van der Waals surface area contributed by atoms with Crippen molar-refractivity contribution in [3.05, 3.63) is 24.3 Å². The summed E-state index contributed by atoms with van der Waals surface area (Å²) in [5.74, 6) is -0.333. The Labute approximate surface area is 254 Å². The van der Waals surface area contributed by atoms with Gasteiger partial charge in [0.1, 0.15) is 30.5 Å². The molecule has 4 N–H and O–H groups in total. The van der Waals surface area contributed by atoms with Crippen LogP contribution < -0.4 is 0 Å². The molecule has 246 valence electrons. The van der Waals surface area contributed by atoms with E-state index < -0.39 is 43.4 Å². The second-order valence-corrected chi connectivity index (χ2v) is 11.3. The molecule has 6 unspecified atom stereocenters. The van der Waals surface area contributed by atoms with Crippen LogP contribution in [0, 0.1) is 0 Å². The number of carbonyl (C=O) groups is 1. The number of unbranched alkanes of at least 4 members (excludes halogenated alkanes) is 11. The molecular weight excluding hydrogens is 540 g/mol. The maximum atomic E-state index is 12.4. The molecular formula is C33H60O9. The first-order valence-corrected chi connectivity index (χ1v) is 16.4. The van der Waals surface area contributed by atoms with Crippen molar-refractivity contribution in [3.8, 4) is 0 Å². The maximum Gasteiger partial charge on any atom is 0.306 e. The van der Waals surface area contributed by atoms with E-state index in [1.807, 2.05) is 0 Å². The first kappa shape index (κ1) is 38.7. The third-order valence-corrected chi connectivity index (χ3v) is 7.35. The molecule has 1 rings (SSSR count). The molecule has 0 spiro atoms. The SMILES string of the molecule is CCC/C=C\C/C=C\CCCCCCCCOCC(COC1OC(CO)C(O)C(O)C1O)OC(=O)CCCCCCC. The Morgan fingerprint density at radius 2 is 1.43 bits per heavy atom. The third kappa shape index (κ3) is 18.4. The first-order valence-electron chi connectivity index (χ1n) is 16.4. The summed E-state index contributed by atoms with van der Waals surface area (Å²) in [6, 6.07) is 0. The van der Waals surface area contributed by atoms with Gasteiger partial charge >= 0.3 is 5.97 Å². The average Bonchev–Trinajstić information content (AvgIpc) is 2.99. The molecule has 0 aliphatic carbocycles. The molecule has 1 aliphatic heterocycles. The molecule has 0 aromatic heterocycles. The van der Waals surface area contributed by atoms with E-state index in [9.17, 15) is 25.2 Å². The van der Waals surface area contributed by atoms with E-state index in [2.05, 4.69) is 38.2 Å². The summed E-state index contributed by atoms with van der Waals surface area (Å²) in [5.41, 5.74) is 0. The van der Waals surface area contributed by atoms with Crippen molar-refractivity contribution in [1.29, 1.82) is 0 Å². The summed E-state index contributed by atoms with van der Waals surface area (Å²) in [5, 5.41) is 39.6. The van der Waals surface area contributed by atoms with Crippen LogP contribution >= 0.6 is 0 Å². The number of aliphatic hydroxyl groups excluding tert-OH is 4. The van der Waals surface area contributed by atoms with Gasteiger partial charge in [0, 0.05) is 13.0 Å². The van der Waals surface area contributed by atoms with Gasteiger partial charge in [-0.2, -0.15) is 0 Å². The molecule has 9 heteroatoms. The van der Waals surface area contributed by atoms with Gasteiger partial charge in [0.15, 0.2) is 6.29 Å². The minimum absolute atomic E-state index is 0.117. The predicted octanol–water partition coefficient (Wildman–Crippen LogP) is 5.13. The lowest BCUT2D eigenvalue weighted by Gasteiger charge is -2.39. The predicted molar refractivity (Wildman–Crippen MR) is 164 cm³/mol. The topological polar surface area (TPSA) is 135 Å². The fourth-order valence-corrected chi connectivity index (χ4v) is 4.70. The lowest BCUT2D eigenvalue weighted by atomic mass is 9.99. The highest BCUT2D eigenvalue weighted by molar-refractivity contribution is 5.69. The molecule has 1 fully saturated rings. The molecule has 9 nitrogen and oxygen atoms in total. The number of hydrogen-bond acceptors (Lipinski definition) is 9. The quantitative estimate of drug-likeness (QED) is 0.0606. The summed E-state index contributed by atoms with van der Waals surface area (Å²) >= 11 is 0. The molecule has 1 heterocycles. The molecule has 0 bridgehead atoms. The van der Waals surface area contributed by atoms with E-state index >= 15 is 0 Å². The van der Waals surface area contributed by atoms with E-state index in [0.717, 1.165) is 70.6 Å². The number of allylic oxidation sites excluding steroid dienone is 4. The molecule has 0 aromatic rings. The fraction of sp³-hybridized carbons (Fsp3) is 0.848. The Hall–Kier alpha value is -1.33. The van der Waals surface area contributed by atoms with Crippen molar-refractivity contribution < 1.29 is 44.2 Å². The Morgan fingerprint density at radius 1 is 0.762 bits per heavy atom. The Balaban J connectivity index is 2.33. The van der Waals surface area contributed by atoms with Crippen molar-refractivity contribution in [2.45, 2.75) is 153 Å². The number of esters is 1. The zero-order valence-electron chi connectivity index (χ0n) is 26.2. The van der Waals surface area contributed by atoms with E-state index in [1.165, 1.54) is 25.7 Å². The molecule has 0 saturated carbocycles. The summed E-state index contributed by atoms with van der Waals surface area (Å²) in [6.07, 6.45) is 18.1. The Kier molecular flexibility index (Phi) is 24.1. The monoisotopic (exact) mass is 600 g/mol. The van der Waals surface area contributed by atoms with Crippen LogP contribution in [0.3, 0.4) is 0 Å². The molecule has 1 saturated heterocycles.